The minimum atomic E-state index is -0.110. The van der Waals surface area contributed by atoms with Gasteiger partial charge in [-0.1, -0.05) is 45.4 Å². The van der Waals surface area contributed by atoms with Crippen molar-refractivity contribution in [1.82, 2.24) is 10.4 Å². The predicted octanol–water partition coefficient (Wildman–Crippen LogP) is 4.69. The minimum absolute atomic E-state index is 0.0855. The number of hydrogen-bond donors (Lipinski definition) is 3. The van der Waals surface area contributed by atoms with Gasteiger partial charge >= 0.3 is 0 Å². The smallest absolute Gasteiger partial charge is 0.147 e. The van der Waals surface area contributed by atoms with Crippen molar-refractivity contribution in [3.63, 3.8) is 0 Å². The molecule has 0 fully saturated rings. The van der Waals surface area contributed by atoms with Gasteiger partial charge in [0.05, 0.1) is 23.7 Å². The molecule has 2 heterocycles. The lowest BCUT2D eigenvalue weighted by Gasteiger charge is -2.20. The number of anilines is 2. The number of aliphatic hydroxyl groups excluding tert-OH is 1. The zero-order valence-corrected chi connectivity index (χ0v) is 19.4. The second kappa shape index (κ2) is 11.2. The average molecular weight is 434 g/mol. The zero-order chi connectivity index (χ0) is 23.1. The second-order valence-electron chi connectivity index (χ2n) is 8.12. The lowest BCUT2D eigenvalue weighted by molar-refractivity contribution is 0.277. The topological polar surface area (TPSA) is 86.8 Å². The molecular formula is C26H35N5O. The molecule has 0 saturated heterocycles. The number of nitrogens with zero attached hydrogens (tertiary/aromatic N) is 3. The van der Waals surface area contributed by atoms with Gasteiger partial charge in [-0.05, 0) is 66.8 Å². The van der Waals surface area contributed by atoms with Gasteiger partial charge in [-0.3, -0.25) is 10.0 Å². The van der Waals surface area contributed by atoms with E-state index in [1.165, 1.54) is 11.1 Å². The van der Waals surface area contributed by atoms with Crippen LogP contribution in [0, 0.1) is 0 Å². The van der Waals surface area contributed by atoms with E-state index < -0.39 is 0 Å². The molecule has 170 valence electrons. The zero-order valence-electron chi connectivity index (χ0n) is 19.4. The SMILES string of the molecule is C=C/C=C(\N=C(C)c1cc(CCC)c2c(c1)N(c1cccc(CO)n1)NC2)[C@@H](N)CCC. The molecule has 3 rings (SSSR count). The van der Waals surface area contributed by atoms with Gasteiger partial charge in [0.1, 0.15) is 5.82 Å². The number of nitrogens with two attached hydrogens (primary N) is 1. The van der Waals surface area contributed by atoms with Crippen molar-refractivity contribution in [2.45, 2.75) is 65.6 Å². The van der Waals surface area contributed by atoms with Gasteiger partial charge in [-0.25, -0.2) is 10.4 Å². The van der Waals surface area contributed by atoms with Crippen LogP contribution in [0.3, 0.4) is 0 Å². The highest BCUT2D eigenvalue weighted by Crippen LogP contribution is 2.35. The van der Waals surface area contributed by atoms with Gasteiger partial charge in [0.25, 0.3) is 0 Å². The summed E-state index contributed by atoms with van der Waals surface area (Å²) in [5, 5.41) is 11.5. The van der Waals surface area contributed by atoms with Crippen molar-refractivity contribution < 1.29 is 5.11 Å². The third kappa shape index (κ3) is 5.33. The molecule has 2 aromatic rings. The molecule has 4 N–H and O–H groups in total. The Morgan fingerprint density at radius 1 is 1.34 bits per heavy atom. The van der Waals surface area contributed by atoms with Crippen LogP contribution in [-0.4, -0.2) is 21.8 Å². The normalized spacial score (nSPS) is 15.1. The highest BCUT2D eigenvalue weighted by Gasteiger charge is 2.25. The monoisotopic (exact) mass is 433 g/mol. The number of aliphatic imine (C=N–C) groups is 1. The van der Waals surface area contributed by atoms with Crippen molar-refractivity contribution in [2.75, 3.05) is 5.01 Å². The summed E-state index contributed by atoms with van der Waals surface area (Å²) in [6.45, 7) is 10.8. The summed E-state index contributed by atoms with van der Waals surface area (Å²) in [4.78, 5) is 9.49. The maximum absolute atomic E-state index is 9.50. The quantitative estimate of drug-likeness (QED) is 0.374. The number of rotatable bonds is 10. The Labute approximate surface area is 191 Å². The highest BCUT2D eigenvalue weighted by atomic mass is 16.3. The van der Waals surface area contributed by atoms with Crippen LogP contribution in [-0.2, 0) is 19.6 Å². The van der Waals surface area contributed by atoms with Crippen molar-refractivity contribution in [3.8, 4) is 0 Å². The lowest BCUT2D eigenvalue weighted by atomic mass is 9.96. The van der Waals surface area contributed by atoms with E-state index in [2.05, 4.69) is 43.0 Å². The van der Waals surface area contributed by atoms with Crippen molar-refractivity contribution in [2.24, 2.45) is 10.7 Å². The molecule has 32 heavy (non-hydrogen) atoms. The number of aliphatic hydroxyl groups is 1. The Hall–Kier alpha value is -2.80. The first-order chi connectivity index (χ1) is 15.5. The number of benzene rings is 1. The first-order valence-corrected chi connectivity index (χ1v) is 11.4. The summed E-state index contributed by atoms with van der Waals surface area (Å²) in [6, 6.07) is 9.99. The maximum Gasteiger partial charge on any atom is 0.147 e. The van der Waals surface area contributed by atoms with Gasteiger partial charge in [0, 0.05) is 18.3 Å². The second-order valence-corrected chi connectivity index (χ2v) is 8.12. The molecular weight excluding hydrogens is 398 g/mol. The summed E-state index contributed by atoms with van der Waals surface area (Å²) in [5.74, 6) is 0.765. The van der Waals surface area contributed by atoms with E-state index in [0.29, 0.717) is 5.69 Å². The molecule has 6 heteroatoms. The van der Waals surface area contributed by atoms with Gasteiger partial charge in [0.15, 0.2) is 0 Å². The molecule has 0 aliphatic carbocycles. The number of aromatic nitrogens is 1. The summed E-state index contributed by atoms with van der Waals surface area (Å²) >= 11 is 0. The van der Waals surface area contributed by atoms with Crippen molar-refractivity contribution >= 4 is 17.2 Å². The molecule has 0 saturated carbocycles. The fraction of sp³-hybridized carbons (Fsp3) is 0.385. The van der Waals surface area contributed by atoms with Gasteiger partial charge in [0.2, 0.25) is 0 Å². The van der Waals surface area contributed by atoms with Gasteiger partial charge in [-0.2, -0.15) is 0 Å². The van der Waals surface area contributed by atoms with Crippen LogP contribution in [0.15, 0.2) is 59.8 Å². The number of allylic oxidation sites excluding steroid dienone is 2. The fourth-order valence-electron chi connectivity index (χ4n) is 4.03. The molecule has 6 nitrogen and oxygen atoms in total. The molecule has 0 bridgehead atoms. The molecule has 0 radical (unpaired) electrons. The highest BCUT2D eigenvalue weighted by molar-refractivity contribution is 6.01. The van der Waals surface area contributed by atoms with Crippen LogP contribution >= 0.6 is 0 Å². The number of aryl methyl sites for hydroxylation is 1. The first kappa shape index (κ1) is 23.9. The van der Waals surface area contributed by atoms with E-state index in [1.807, 2.05) is 36.2 Å². The summed E-state index contributed by atoms with van der Waals surface area (Å²) in [5.41, 5.74) is 17.0. The lowest BCUT2D eigenvalue weighted by Crippen LogP contribution is -2.27. The number of fused-ring (bicyclic) bond motifs is 1. The predicted molar refractivity (Wildman–Crippen MR) is 133 cm³/mol. The summed E-state index contributed by atoms with van der Waals surface area (Å²) in [6.07, 6.45) is 7.60. The Kier molecular flexibility index (Phi) is 8.33. The molecule has 0 amide bonds. The molecule has 1 aliphatic heterocycles. The Morgan fingerprint density at radius 3 is 2.84 bits per heavy atom. The van der Waals surface area contributed by atoms with Crippen molar-refractivity contribution in [1.29, 1.82) is 0 Å². The van der Waals surface area contributed by atoms with Gasteiger partial charge in [-0.15, -0.1) is 0 Å². The molecule has 1 aromatic heterocycles. The van der Waals surface area contributed by atoms with Crippen LogP contribution in [0.25, 0.3) is 0 Å². The van der Waals surface area contributed by atoms with E-state index in [1.54, 1.807) is 6.08 Å². The van der Waals surface area contributed by atoms with E-state index in [9.17, 15) is 5.11 Å². The van der Waals surface area contributed by atoms with Gasteiger partial charge < -0.3 is 10.8 Å². The van der Waals surface area contributed by atoms with Crippen molar-refractivity contribution in [3.05, 3.63) is 77.1 Å². The first-order valence-electron chi connectivity index (χ1n) is 11.4. The number of hydrazine groups is 1. The third-order valence-electron chi connectivity index (χ3n) is 5.66. The van der Waals surface area contributed by atoms with E-state index in [0.717, 1.165) is 60.7 Å². The fourth-order valence-corrected chi connectivity index (χ4v) is 4.03. The maximum atomic E-state index is 9.50. The van der Waals surface area contributed by atoms with E-state index >= 15 is 0 Å². The molecule has 1 aliphatic rings. The van der Waals surface area contributed by atoms with Crippen LogP contribution in [0.2, 0.25) is 0 Å². The molecule has 0 unspecified atom stereocenters. The third-order valence-corrected chi connectivity index (χ3v) is 5.66. The van der Waals surface area contributed by atoms with Crippen LogP contribution in [0.4, 0.5) is 11.5 Å². The standard InChI is InChI=1S/C26H35N5O/c1-5-9-19-14-20(18(4)29-24(11-7-3)23(27)10-6-2)15-25-22(19)16-28-31(25)26-13-8-12-21(17-32)30-26/h7-8,11-15,23,28,32H,3,5-6,9-10,16-17,27H2,1-2,4H3/b24-11-,29-18?/t23-/m0/s1. The number of pyridine rings is 1. The molecule has 1 atom stereocenters. The number of hydrogen-bond acceptors (Lipinski definition) is 6. The Bertz CT molecular complexity index is 1010. The average Bonchev–Trinajstić information content (AvgIpc) is 3.23. The van der Waals surface area contributed by atoms with Crippen LogP contribution < -0.4 is 16.2 Å². The summed E-state index contributed by atoms with van der Waals surface area (Å²) in [7, 11) is 0. The molecule has 0 spiro atoms. The summed E-state index contributed by atoms with van der Waals surface area (Å²) < 4.78 is 0. The van der Waals surface area contributed by atoms with E-state index in [4.69, 9.17) is 10.7 Å². The van der Waals surface area contributed by atoms with Crippen LogP contribution in [0.5, 0.6) is 0 Å². The Balaban J connectivity index is 2.05. The number of nitrogens with one attached hydrogen (secondary N) is 1. The van der Waals surface area contributed by atoms with Crippen LogP contribution in [0.1, 0.15) is 62.4 Å². The minimum Gasteiger partial charge on any atom is -0.390 e. The Morgan fingerprint density at radius 2 is 2.16 bits per heavy atom. The molecule has 1 aromatic carbocycles. The largest absolute Gasteiger partial charge is 0.390 e. The van der Waals surface area contributed by atoms with E-state index in [-0.39, 0.29) is 12.6 Å².